The number of carbonyl (C=O) groups excluding carboxylic acids is 2. The molecule has 3 aromatic rings. The van der Waals surface area contributed by atoms with E-state index in [9.17, 15) is 9.59 Å². The van der Waals surface area contributed by atoms with Gasteiger partial charge < -0.3 is 14.5 Å². The molecule has 0 aliphatic rings. The number of benzene rings is 2. The summed E-state index contributed by atoms with van der Waals surface area (Å²) in [5, 5.41) is 2.67. The Bertz CT molecular complexity index is 878. The molecule has 0 aliphatic carbocycles. The number of ether oxygens (including phenoxy) is 1. The van der Waals surface area contributed by atoms with E-state index in [1.54, 1.807) is 30.3 Å². The summed E-state index contributed by atoms with van der Waals surface area (Å²) in [6.45, 7) is 0.109. The van der Waals surface area contributed by atoms with Crippen LogP contribution in [0.4, 0.5) is 0 Å². The minimum Gasteiger partial charge on any atom is -0.459 e. The second-order valence-corrected chi connectivity index (χ2v) is 6.45. The third-order valence-electron chi connectivity index (χ3n) is 3.66. The predicted octanol–water partition coefficient (Wildman–Crippen LogP) is 4.26. The second-order valence-electron chi connectivity index (χ2n) is 5.53. The lowest BCUT2D eigenvalue weighted by Gasteiger charge is -2.17. The van der Waals surface area contributed by atoms with Crippen LogP contribution in [0.5, 0.6) is 0 Å². The summed E-state index contributed by atoms with van der Waals surface area (Å²) in [6.07, 6.45) is 1.40. The molecular weight excluding hydrogens is 398 g/mol. The zero-order valence-corrected chi connectivity index (χ0v) is 15.3. The molecule has 1 amide bonds. The molecule has 3 rings (SSSR count). The topological polar surface area (TPSA) is 68.5 Å². The first-order chi connectivity index (χ1) is 12.6. The van der Waals surface area contributed by atoms with E-state index in [0.717, 1.165) is 10.0 Å². The summed E-state index contributed by atoms with van der Waals surface area (Å²) in [6, 6.07) is 18.6. The molecule has 1 N–H and O–H groups in total. The Morgan fingerprint density at radius 2 is 1.85 bits per heavy atom. The van der Waals surface area contributed by atoms with Gasteiger partial charge in [0.1, 0.15) is 6.61 Å². The monoisotopic (exact) mass is 413 g/mol. The van der Waals surface area contributed by atoms with Crippen molar-refractivity contribution in [3.8, 4) is 0 Å². The van der Waals surface area contributed by atoms with Gasteiger partial charge in [-0.25, -0.2) is 4.79 Å². The number of amides is 1. The summed E-state index contributed by atoms with van der Waals surface area (Å²) < 4.78 is 11.4. The second kappa shape index (κ2) is 8.49. The van der Waals surface area contributed by atoms with Gasteiger partial charge in [0.2, 0.25) is 0 Å². The van der Waals surface area contributed by atoms with Crippen LogP contribution in [0.15, 0.2) is 81.9 Å². The van der Waals surface area contributed by atoms with Crippen molar-refractivity contribution in [2.24, 2.45) is 0 Å². The smallest absolute Gasteiger partial charge is 0.333 e. The number of esters is 1. The first-order valence-electron chi connectivity index (χ1n) is 7.94. The van der Waals surface area contributed by atoms with Crippen molar-refractivity contribution in [2.45, 2.75) is 12.6 Å². The van der Waals surface area contributed by atoms with Crippen LogP contribution < -0.4 is 5.32 Å². The third-order valence-corrected chi connectivity index (χ3v) is 4.15. The summed E-state index contributed by atoms with van der Waals surface area (Å²) in [7, 11) is 0. The molecule has 26 heavy (non-hydrogen) atoms. The lowest BCUT2D eigenvalue weighted by Crippen LogP contribution is -2.34. The zero-order valence-electron chi connectivity index (χ0n) is 13.7. The molecule has 132 valence electrons. The first kappa shape index (κ1) is 17.9. The van der Waals surface area contributed by atoms with E-state index in [1.807, 2.05) is 30.3 Å². The first-order valence-corrected chi connectivity index (χ1v) is 8.73. The maximum Gasteiger partial charge on any atom is 0.333 e. The van der Waals surface area contributed by atoms with Crippen LogP contribution in [0, 0.1) is 0 Å². The Balaban J connectivity index is 1.74. The normalized spacial score (nSPS) is 11.6. The van der Waals surface area contributed by atoms with Crippen LogP contribution in [-0.2, 0) is 16.1 Å². The summed E-state index contributed by atoms with van der Waals surface area (Å²) in [5.74, 6) is -0.898. The van der Waals surface area contributed by atoms with Gasteiger partial charge >= 0.3 is 5.97 Å². The Hall–Kier alpha value is -2.86. The molecule has 1 atom stereocenters. The van der Waals surface area contributed by atoms with E-state index < -0.39 is 17.9 Å². The van der Waals surface area contributed by atoms with E-state index in [0.29, 0.717) is 5.56 Å². The molecule has 2 aromatic carbocycles. The molecule has 1 aromatic heterocycles. The molecule has 0 aliphatic heterocycles. The highest BCUT2D eigenvalue weighted by Crippen LogP contribution is 2.18. The number of furan rings is 1. The van der Waals surface area contributed by atoms with Gasteiger partial charge in [0.05, 0.1) is 6.26 Å². The summed E-state index contributed by atoms with van der Waals surface area (Å²) in [4.78, 5) is 24.9. The molecule has 0 fully saturated rings. The molecule has 5 nitrogen and oxygen atoms in total. The van der Waals surface area contributed by atoms with Crippen LogP contribution in [-0.4, -0.2) is 11.9 Å². The van der Waals surface area contributed by atoms with Gasteiger partial charge in [-0.15, -0.1) is 0 Å². The molecule has 1 heterocycles. The standard InChI is InChI=1S/C20H16BrNO4/c21-16-9-4-6-14(12-16)13-26-20(24)18(15-7-2-1-3-8-15)22-19(23)17-10-5-11-25-17/h1-12,18H,13H2,(H,22,23). The largest absolute Gasteiger partial charge is 0.459 e. The van der Waals surface area contributed by atoms with Crippen molar-refractivity contribution in [3.63, 3.8) is 0 Å². The van der Waals surface area contributed by atoms with Gasteiger partial charge in [0.25, 0.3) is 5.91 Å². The van der Waals surface area contributed by atoms with E-state index >= 15 is 0 Å². The number of carbonyl (C=O) groups is 2. The van der Waals surface area contributed by atoms with Gasteiger partial charge in [0.15, 0.2) is 11.8 Å². The Morgan fingerprint density at radius 3 is 2.54 bits per heavy atom. The Morgan fingerprint density at radius 1 is 1.04 bits per heavy atom. The van der Waals surface area contributed by atoms with Gasteiger partial charge in [-0.1, -0.05) is 58.4 Å². The van der Waals surface area contributed by atoms with Crippen LogP contribution >= 0.6 is 15.9 Å². The third kappa shape index (κ3) is 4.61. The molecule has 0 saturated carbocycles. The van der Waals surface area contributed by atoms with E-state index in [-0.39, 0.29) is 12.4 Å². The van der Waals surface area contributed by atoms with Crippen LogP contribution in [0.1, 0.15) is 27.7 Å². The van der Waals surface area contributed by atoms with E-state index in [2.05, 4.69) is 21.2 Å². The minimum absolute atomic E-state index is 0.109. The fourth-order valence-electron chi connectivity index (χ4n) is 2.40. The van der Waals surface area contributed by atoms with Crippen molar-refractivity contribution < 1.29 is 18.7 Å². The maximum absolute atomic E-state index is 12.6. The fourth-order valence-corrected chi connectivity index (χ4v) is 2.85. The minimum atomic E-state index is -0.930. The number of hydrogen-bond acceptors (Lipinski definition) is 4. The summed E-state index contributed by atoms with van der Waals surface area (Å²) >= 11 is 3.38. The zero-order chi connectivity index (χ0) is 18.4. The Labute approximate surface area is 159 Å². The molecular formula is C20H16BrNO4. The highest BCUT2D eigenvalue weighted by molar-refractivity contribution is 9.10. The average molecular weight is 414 g/mol. The lowest BCUT2D eigenvalue weighted by atomic mass is 10.1. The fraction of sp³-hybridized carbons (Fsp3) is 0.100. The van der Waals surface area contributed by atoms with Gasteiger partial charge in [-0.3, -0.25) is 4.79 Å². The number of nitrogens with one attached hydrogen (secondary N) is 1. The average Bonchev–Trinajstić information content (AvgIpc) is 3.20. The lowest BCUT2D eigenvalue weighted by molar-refractivity contribution is -0.147. The van der Waals surface area contributed by atoms with Gasteiger partial charge in [-0.05, 0) is 35.4 Å². The number of hydrogen-bond donors (Lipinski definition) is 1. The van der Waals surface area contributed by atoms with Crippen molar-refractivity contribution in [1.82, 2.24) is 5.32 Å². The molecule has 0 spiro atoms. The predicted molar refractivity (Wildman–Crippen MR) is 99.3 cm³/mol. The van der Waals surface area contributed by atoms with Crippen molar-refractivity contribution in [1.29, 1.82) is 0 Å². The van der Waals surface area contributed by atoms with Crippen LogP contribution in [0.3, 0.4) is 0 Å². The SMILES string of the molecule is O=C(NC(C(=O)OCc1cccc(Br)c1)c1ccccc1)c1ccco1. The quantitative estimate of drug-likeness (QED) is 0.613. The number of halogens is 1. The maximum atomic E-state index is 12.6. The van der Waals surface area contributed by atoms with Gasteiger partial charge in [0, 0.05) is 4.47 Å². The molecule has 0 radical (unpaired) electrons. The molecule has 6 heteroatoms. The Kier molecular flexibility index (Phi) is 5.86. The highest BCUT2D eigenvalue weighted by atomic mass is 79.9. The highest BCUT2D eigenvalue weighted by Gasteiger charge is 2.25. The van der Waals surface area contributed by atoms with Crippen molar-refractivity contribution in [2.75, 3.05) is 0 Å². The van der Waals surface area contributed by atoms with Crippen LogP contribution in [0.25, 0.3) is 0 Å². The van der Waals surface area contributed by atoms with Crippen molar-refractivity contribution in [3.05, 3.63) is 94.4 Å². The van der Waals surface area contributed by atoms with Crippen molar-refractivity contribution >= 4 is 27.8 Å². The summed E-state index contributed by atoms with van der Waals surface area (Å²) in [5.41, 5.74) is 1.48. The van der Waals surface area contributed by atoms with Crippen LogP contribution in [0.2, 0.25) is 0 Å². The molecule has 0 bridgehead atoms. The van der Waals surface area contributed by atoms with E-state index in [4.69, 9.17) is 9.15 Å². The molecule has 0 saturated heterocycles. The van der Waals surface area contributed by atoms with E-state index in [1.165, 1.54) is 12.3 Å². The van der Waals surface area contributed by atoms with Gasteiger partial charge in [-0.2, -0.15) is 0 Å². The molecule has 1 unspecified atom stereocenters. The number of rotatable bonds is 6.